The van der Waals surface area contributed by atoms with Crippen LogP contribution in [-0.2, 0) is 27.2 Å². The minimum Gasteiger partial charge on any atom is -0.457 e. The Morgan fingerprint density at radius 2 is 1.91 bits per heavy atom. The van der Waals surface area contributed by atoms with Crippen molar-refractivity contribution in [1.82, 2.24) is 4.72 Å². The summed E-state index contributed by atoms with van der Waals surface area (Å²) in [5.74, 6) is -4.43. The van der Waals surface area contributed by atoms with E-state index in [0.29, 0.717) is 0 Å². The van der Waals surface area contributed by atoms with Crippen LogP contribution < -0.4 is 9.46 Å². The second-order valence-electron chi connectivity index (χ2n) is 8.49. The third-order valence-electron chi connectivity index (χ3n) is 4.81. The van der Waals surface area contributed by atoms with Crippen LogP contribution in [0.1, 0.15) is 43.5 Å². The molecule has 0 unspecified atom stereocenters. The van der Waals surface area contributed by atoms with Crippen LogP contribution in [0.15, 0.2) is 35.2 Å². The number of hydrogen-bond donors (Lipinski definition) is 1. The van der Waals surface area contributed by atoms with E-state index in [4.69, 9.17) is 10.00 Å². The molecule has 0 saturated carbocycles. The molecule has 1 N–H and O–H groups in total. The molecule has 0 bridgehead atoms. The molecule has 0 heterocycles. The molecule has 0 saturated heterocycles. The Labute approximate surface area is 186 Å². The Balaban J connectivity index is 2.17. The zero-order chi connectivity index (χ0) is 24.1. The first kappa shape index (κ1) is 24.2. The maximum absolute atomic E-state index is 15.1. The zero-order valence-corrected chi connectivity index (χ0v) is 19.3. The number of halogens is 3. The molecule has 0 fully saturated rings. The average Bonchev–Trinajstić information content (AvgIpc) is 2.90. The highest BCUT2D eigenvalue weighted by Crippen LogP contribution is 2.50. The van der Waals surface area contributed by atoms with Gasteiger partial charge in [-0.05, 0) is 45.0 Å². The number of nitrogens with zero attached hydrogens (tertiary/aromatic N) is 1. The van der Waals surface area contributed by atoms with Gasteiger partial charge in [0, 0.05) is 29.9 Å². The lowest BCUT2D eigenvalue weighted by atomic mass is 10.1. The Bertz CT molecular complexity index is 1250. The summed E-state index contributed by atoms with van der Waals surface area (Å²) in [4.78, 5) is -0.336. The van der Waals surface area contributed by atoms with Crippen molar-refractivity contribution < 1.29 is 30.5 Å². The first-order valence-corrected chi connectivity index (χ1v) is 12.5. The molecule has 2 aromatic rings. The molecule has 3 rings (SSSR count). The van der Waals surface area contributed by atoms with Crippen LogP contribution in [-0.4, -0.2) is 29.6 Å². The van der Waals surface area contributed by atoms with Crippen molar-refractivity contribution in [3.63, 3.8) is 0 Å². The number of nitriles is 1. The zero-order valence-electron chi connectivity index (χ0n) is 17.7. The van der Waals surface area contributed by atoms with Crippen LogP contribution in [0.3, 0.4) is 0 Å². The first-order chi connectivity index (χ1) is 14.6. The molecule has 0 amide bonds. The molecule has 0 spiro atoms. The average molecular weight is 487 g/mol. The molecule has 2 atom stereocenters. The normalized spacial score (nSPS) is 18.6. The number of hydrogen-bond acceptors (Lipinski definition) is 5. The van der Waals surface area contributed by atoms with Crippen LogP contribution in [0.2, 0.25) is 0 Å². The fraction of sp³-hybridized carbons (Fsp3) is 0.381. The Hall–Kier alpha value is -2.42. The molecule has 1 aliphatic carbocycles. The lowest BCUT2D eigenvalue weighted by molar-refractivity contribution is -0.0190. The first-order valence-electron chi connectivity index (χ1n) is 9.44. The van der Waals surface area contributed by atoms with Gasteiger partial charge in [0.1, 0.15) is 23.4 Å². The van der Waals surface area contributed by atoms with E-state index in [0.717, 1.165) is 24.5 Å². The van der Waals surface area contributed by atoms with Crippen molar-refractivity contribution in [3.8, 4) is 17.6 Å². The highest BCUT2D eigenvalue weighted by molar-refractivity contribution is 7.90. The number of fused-ring (bicyclic) bond motifs is 1. The quantitative estimate of drug-likeness (QED) is 0.684. The highest BCUT2D eigenvalue weighted by Gasteiger charge is 2.52. The van der Waals surface area contributed by atoms with Crippen LogP contribution in [0.5, 0.6) is 11.5 Å². The predicted molar refractivity (Wildman–Crippen MR) is 113 cm³/mol. The van der Waals surface area contributed by atoms with Crippen molar-refractivity contribution in [3.05, 3.63) is 52.8 Å². The van der Waals surface area contributed by atoms with Gasteiger partial charge in [0.15, 0.2) is 9.84 Å². The second-order valence-corrected chi connectivity index (χ2v) is 12.5. The lowest BCUT2D eigenvalue weighted by Crippen LogP contribution is -2.41. The van der Waals surface area contributed by atoms with Crippen LogP contribution >= 0.6 is 0 Å². The smallest absolute Gasteiger partial charge is 0.272 e. The van der Waals surface area contributed by atoms with Crippen LogP contribution in [0, 0.1) is 17.1 Å². The highest BCUT2D eigenvalue weighted by atomic mass is 32.2. The van der Waals surface area contributed by atoms with Gasteiger partial charge in [0.25, 0.3) is 5.92 Å². The Morgan fingerprint density at radius 3 is 2.47 bits per heavy atom. The van der Waals surface area contributed by atoms with Gasteiger partial charge in [0.05, 0.1) is 32.3 Å². The molecule has 0 aliphatic heterocycles. The summed E-state index contributed by atoms with van der Waals surface area (Å²) in [5.41, 5.74) is -0.358. The van der Waals surface area contributed by atoms with Gasteiger partial charge in [-0.25, -0.2) is 30.5 Å². The van der Waals surface area contributed by atoms with Crippen molar-refractivity contribution in [2.45, 2.75) is 48.8 Å². The summed E-state index contributed by atoms with van der Waals surface area (Å²) < 4.78 is 88.3. The van der Waals surface area contributed by atoms with Gasteiger partial charge >= 0.3 is 0 Å². The summed E-state index contributed by atoms with van der Waals surface area (Å²) in [6.07, 6.45) is 0.0175. The van der Waals surface area contributed by atoms with E-state index < -0.39 is 49.8 Å². The number of benzene rings is 2. The summed E-state index contributed by atoms with van der Waals surface area (Å²) in [6.45, 7) is 4.79. The van der Waals surface area contributed by atoms with Gasteiger partial charge in [0.2, 0.25) is 0 Å². The van der Waals surface area contributed by atoms with E-state index >= 15 is 8.78 Å². The molecule has 6 nitrogen and oxygen atoms in total. The standard InChI is InChI=1S/C21H21F3N2O4S2/c1-20(2,3)31(27)26-19-18-15(10-21(19,23)24)16(5-6-17(18)32(4,28)29)30-14-8-12(11-25)7-13(22)9-14/h5-9,19,26H,10H2,1-4H3/t19-,31+/m1/s1. The summed E-state index contributed by atoms with van der Waals surface area (Å²) >= 11 is 0. The van der Waals surface area contributed by atoms with Crippen LogP contribution in [0.4, 0.5) is 13.2 Å². The fourth-order valence-corrected chi connectivity index (χ4v) is 5.15. The van der Waals surface area contributed by atoms with E-state index in [1.165, 1.54) is 12.1 Å². The van der Waals surface area contributed by atoms with Gasteiger partial charge < -0.3 is 4.74 Å². The van der Waals surface area contributed by atoms with E-state index in [9.17, 15) is 17.0 Å². The molecule has 172 valence electrons. The van der Waals surface area contributed by atoms with E-state index in [1.54, 1.807) is 26.8 Å². The second kappa shape index (κ2) is 8.17. The SMILES string of the molecule is CC(C)(C)[S@](=O)N[C@@H]1c2c(S(C)(=O)=O)ccc(Oc3cc(F)cc(C#N)c3)c2CC1(F)F. The topological polar surface area (TPSA) is 96.3 Å². The van der Waals surface area contributed by atoms with Crippen molar-refractivity contribution >= 4 is 20.8 Å². The van der Waals surface area contributed by atoms with E-state index in [-0.39, 0.29) is 33.1 Å². The number of rotatable bonds is 5. The molecule has 11 heteroatoms. The summed E-state index contributed by atoms with van der Waals surface area (Å²) in [7, 11) is -5.84. The van der Waals surface area contributed by atoms with Crippen molar-refractivity contribution in [2.24, 2.45) is 0 Å². The number of alkyl halides is 2. The molecule has 1 aliphatic rings. The monoisotopic (exact) mass is 486 g/mol. The molecular formula is C21H21F3N2O4S2. The van der Waals surface area contributed by atoms with E-state index in [2.05, 4.69) is 4.72 Å². The number of sulfone groups is 1. The third-order valence-corrected chi connectivity index (χ3v) is 7.52. The van der Waals surface area contributed by atoms with Crippen molar-refractivity contribution in [2.75, 3.05) is 6.26 Å². The summed E-state index contributed by atoms with van der Waals surface area (Å²) in [5, 5.41) is 9.01. The maximum Gasteiger partial charge on any atom is 0.272 e. The van der Waals surface area contributed by atoms with Gasteiger partial charge in [-0.15, -0.1) is 0 Å². The maximum atomic E-state index is 15.1. The van der Waals surface area contributed by atoms with Crippen molar-refractivity contribution in [1.29, 1.82) is 5.26 Å². The third kappa shape index (κ3) is 4.82. The van der Waals surface area contributed by atoms with Gasteiger partial charge in [-0.3, -0.25) is 0 Å². The summed E-state index contributed by atoms with van der Waals surface area (Å²) in [6, 6.07) is 5.47. The predicted octanol–water partition coefficient (Wildman–Crippen LogP) is 4.18. The fourth-order valence-electron chi connectivity index (χ4n) is 3.33. The molecule has 0 aromatic heterocycles. The number of nitrogens with one attached hydrogen (secondary N) is 1. The molecule has 0 radical (unpaired) electrons. The lowest BCUT2D eigenvalue weighted by Gasteiger charge is -2.26. The van der Waals surface area contributed by atoms with Gasteiger partial charge in [-0.2, -0.15) is 5.26 Å². The molecule has 32 heavy (non-hydrogen) atoms. The molecular weight excluding hydrogens is 465 g/mol. The van der Waals surface area contributed by atoms with Crippen LogP contribution in [0.25, 0.3) is 0 Å². The van der Waals surface area contributed by atoms with Gasteiger partial charge in [-0.1, -0.05) is 0 Å². The molecule has 2 aromatic carbocycles. The minimum atomic E-state index is -3.92. The Kier molecular flexibility index (Phi) is 6.19. The largest absolute Gasteiger partial charge is 0.457 e. The Morgan fingerprint density at radius 1 is 1.25 bits per heavy atom. The number of ether oxygens (including phenoxy) is 1. The van der Waals surface area contributed by atoms with E-state index in [1.807, 2.05) is 0 Å². The minimum absolute atomic E-state index is 0.0325.